The van der Waals surface area contributed by atoms with E-state index in [-0.39, 0.29) is 30.0 Å². The first kappa shape index (κ1) is 13.5. The molecule has 0 aliphatic carbocycles. The minimum atomic E-state index is -1.25. The maximum Gasteiger partial charge on any atom is 0.352 e. The molecule has 0 aliphatic heterocycles. The molecule has 8 heteroatoms. The highest BCUT2D eigenvalue weighted by Crippen LogP contribution is 2.16. The highest BCUT2D eigenvalue weighted by Gasteiger charge is 2.18. The summed E-state index contributed by atoms with van der Waals surface area (Å²) in [5.74, 6) is -1.25. The lowest BCUT2D eigenvalue weighted by atomic mass is 10.4. The Morgan fingerprint density at radius 3 is 2.60 bits per heavy atom. The largest absolute Gasteiger partial charge is 0.477 e. The van der Waals surface area contributed by atoms with E-state index in [2.05, 4.69) is 0 Å². The van der Waals surface area contributed by atoms with Crippen LogP contribution in [0.1, 0.15) is 10.5 Å². The molecule has 0 saturated heterocycles. The van der Waals surface area contributed by atoms with Crippen LogP contribution in [0.3, 0.4) is 0 Å². The molecule has 104 valence electrons. The smallest absolute Gasteiger partial charge is 0.352 e. The molecule has 0 bridgehead atoms. The molecule has 0 unspecified atom stereocenters. The van der Waals surface area contributed by atoms with Crippen LogP contribution in [0.25, 0.3) is 0 Å². The van der Waals surface area contributed by atoms with E-state index >= 15 is 0 Å². The Bertz CT molecular complexity index is 716. The van der Waals surface area contributed by atoms with Gasteiger partial charge in [-0.3, -0.25) is 14.9 Å². The molecule has 2 aromatic heterocycles. The summed E-state index contributed by atoms with van der Waals surface area (Å²) in [6.45, 7) is 0.380. The first-order valence-electron chi connectivity index (χ1n) is 5.72. The van der Waals surface area contributed by atoms with Gasteiger partial charge in [-0.25, -0.2) is 4.79 Å². The molecule has 0 saturated carbocycles. The number of carboxylic acid groups (broad SMARTS) is 1. The SMILES string of the molecule is O=C(O)c1cc([N+](=O)[O-])cn1CCn1ccccc1=O. The van der Waals surface area contributed by atoms with E-state index in [9.17, 15) is 19.7 Å². The number of aromatic nitrogens is 2. The monoisotopic (exact) mass is 277 g/mol. The van der Waals surface area contributed by atoms with Gasteiger partial charge in [0, 0.05) is 31.4 Å². The summed E-state index contributed by atoms with van der Waals surface area (Å²) in [5, 5.41) is 19.7. The molecule has 8 nitrogen and oxygen atoms in total. The first-order chi connectivity index (χ1) is 9.49. The van der Waals surface area contributed by atoms with Crippen molar-refractivity contribution in [3.05, 3.63) is 62.8 Å². The molecule has 0 fully saturated rings. The van der Waals surface area contributed by atoms with Gasteiger partial charge in [0.15, 0.2) is 0 Å². The average Bonchev–Trinajstić information content (AvgIpc) is 2.82. The van der Waals surface area contributed by atoms with E-state index in [0.29, 0.717) is 0 Å². The Morgan fingerprint density at radius 2 is 2.00 bits per heavy atom. The summed E-state index contributed by atoms with van der Waals surface area (Å²) in [6.07, 6.45) is 2.72. The highest BCUT2D eigenvalue weighted by atomic mass is 16.6. The van der Waals surface area contributed by atoms with Crippen molar-refractivity contribution in [1.29, 1.82) is 0 Å². The lowest BCUT2D eigenvalue weighted by Gasteiger charge is -2.07. The van der Waals surface area contributed by atoms with Gasteiger partial charge in [0.2, 0.25) is 0 Å². The van der Waals surface area contributed by atoms with Crippen molar-refractivity contribution in [2.45, 2.75) is 13.1 Å². The highest BCUT2D eigenvalue weighted by molar-refractivity contribution is 5.86. The maximum absolute atomic E-state index is 11.5. The number of pyridine rings is 1. The van der Waals surface area contributed by atoms with Gasteiger partial charge in [-0.15, -0.1) is 0 Å². The van der Waals surface area contributed by atoms with Crippen LogP contribution in [0.2, 0.25) is 0 Å². The van der Waals surface area contributed by atoms with E-state index in [1.165, 1.54) is 15.2 Å². The van der Waals surface area contributed by atoms with Crippen LogP contribution in [0.15, 0.2) is 41.5 Å². The zero-order valence-corrected chi connectivity index (χ0v) is 10.3. The Hall–Kier alpha value is -2.90. The Kier molecular flexibility index (Phi) is 3.65. The minimum absolute atomic E-state index is 0.152. The fourth-order valence-corrected chi connectivity index (χ4v) is 1.82. The topological polar surface area (TPSA) is 107 Å². The lowest BCUT2D eigenvalue weighted by molar-refractivity contribution is -0.384. The average molecular weight is 277 g/mol. The molecule has 2 aromatic rings. The molecule has 2 rings (SSSR count). The van der Waals surface area contributed by atoms with Crippen LogP contribution >= 0.6 is 0 Å². The molecule has 0 radical (unpaired) electrons. The summed E-state index contributed by atoms with van der Waals surface area (Å²) in [4.78, 5) is 32.5. The number of nitro groups is 1. The minimum Gasteiger partial charge on any atom is -0.477 e. The van der Waals surface area contributed by atoms with Crippen molar-refractivity contribution >= 4 is 11.7 Å². The first-order valence-corrected chi connectivity index (χ1v) is 5.72. The number of carbonyl (C=O) groups is 1. The molecule has 1 N–H and O–H groups in total. The second-order valence-electron chi connectivity index (χ2n) is 4.07. The van der Waals surface area contributed by atoms with Crippen LogP contribution in [-0.2, 0) is 13.1 Å². The summed E-state index contributed by atoms with van der Waals surface area (Å²) in [6, 6.07) is 5.66. The zero-order chi connectivity index (χ0) is 14.7. The molecular formula is C12H11N3O5. The molecule has 0 amide bonds. The summed E-state index contributed by atoms with van der Waals surface area (Å²) < 4.78 is 2.65. The predicted molar refractivity (Wildman–Crippen MR) is 68.7 cm³/mol. The maximum atomic E-state index is 11.5. The predicted octanol–water partition coefficient (Wildman–Crippen LogP) is 0.956. The fraction of sp³-hybridized carbons (Fsp3) is 0.167. The molecule has 0 aromatic carbocycles. The number of aryl methyl sites for hydroxylation is 2. The van der Waals surface area contributed by atoms with E-state index < -0.39 is 10.9 Å². The van der Waals surface area contributed by atoms with Crippen molar-refractivity contribution in [3.63, 3.8) is 0 Å². The van der Waals surface area contributed by atoms with Gasteiger partial charge in [0.25, 0.3) is 11.2 Å². The number of hydrogen-bond donors (Lipinski definition) is 1. The third-order valence-electron chi connectivity index (χ3n) is 2.79. The van der Waals surface area contributed by atoms with Crippen LogP contribution in [-0.4, -0.2) is 25.1 Å². The van der Waals surface area contributed by atoms with E-state index in [0.717, 1.165) is 12.3 Å². The van der Waals surface area contributed by atoms with Gasteiger partial charge in [-0.1, -0.05) is 6.07 Å². The van der Waals surface area contributed by atoms with Crippen molar-refractivity contribution in [2.75, 3.05) is 0 Å². The van der Waals surface area contributed by atoms with Crippen LogP contribution in [0.5, 0.6) is 0 Å². The molecule has 0 atom stereocenters. The lowest BCUT2D eigenvalue weighted by Crippen LogP contribution is -2.21. The van der Waals surface area contributed by atoms with Crippen molar-refractivity contribution in [1.82, 2.24) is 9.13 Å². The van der Waals surface area contributed by atoms with Crippen LogP contribution < -0.4 is 5.56 Å². The van der Waals surface area contributed by atoms with Gasteiger partial charge < -0.3 is 14.2 Å². The second kappa shape index (κ2) is 5.39. The Balaban J connectivity index is 2.25. The normalized spacial score (nSPS) is 10.4. The van der Waals surface area contributed by atoms with Crippen molar-refractivity contribution in [2.24, 2.45) is 0 Å². The van der Waals surface area contributed by atoms with Gasteiger partial charge >= 0.3 is 5.97 Å². The van der Waals surface area contributed by atoms with Crippen LogP contribution in [0, 0.1) is 10.1 Å². The van der Waals surface area contributed by atoms with E-state index in [1.807, 2.05) is 0 Å². The Morgan fingerprint density at radius 1 is 1.30 bits per heavy atom. The van der Waals surface area contributed by atoms with Crippen molar-refractivity contribution < 1.29 is 14.8 Å². The van der Waals surface area contributed by atoms with Gasteiger partial charge in [-0.05, 0) is 6.07 Å². The number of hydrogen-bond acceptors (Lipinski definition) is 4. The molecular weight excluding hydrogens is 266 g/mol. The van der Waals surface area contributed by atoms with E-state index in [4.69, 9.17) is 5.11 Å². The Labute approximate surface area is 112 Å². The third-order valence-corrected chi connectivity index (χ3v) is 2.79. The molecule has 0 aliphatic rings. The van der Waals surface area contributed by atoms with Crippen molar-refractivity contribution in [3.8, 4) is 0 Å². The van der Waals surface area contributed by atoms with Gasteiger partial charge in [0.1, 0.15) is 5.69 Å². The second-order valence-corrected chi connectivity index (χ2v) is 4.07. The van der Waals surface area contributed by atoms with E-state index in [1.54, 1.807) is 18.3 Å². The standard InChI is InChI=1S/C12H11N3O5/c16-11-3-1-2-4-13(11)5-6-14-8-9(15(19)20)7-10(14)12(17)18/h1-4,7-8H,5-6H2,(H,17,18). The summed E-state index contributed by atoms with van der Waals surface area (Å²) in [5.41, 5.74) is -0.686. The molecule has 2 heterocycles. The number of nitrogens with zero attached hydrogens (tertiary/aromatic N) is 3. The summed E-state index contributed by atoms with van der Waals surface area (Å²) >= 11 is 0. The molecule has 20 heavy (non-hydrogen) atoms. The number of carboxylic acids is 1. The van der Waals surface area contributed by atoms with Gasteiger partial charge in [-0.2, -0.15) is 0 Å². The number of aromatic carboxylic acids is 1. The number of rotatable bonds is 5. The third kappa shape index (κ3) is 2.74. The zero-order valence-electron chi connectivity index (χ0n) is 10.3. The molecule has 0 spiro atoms. The fourth-order valence-electron chi connectivity index (χ4n) is 1.82. The quantitative estimate of drug-likeness (QED) is 0.646. The van der Waals surface area contributed by atoms with Gasteiger partial charge in [0.05, 0.1) is 11.1 Å². The van der Waals surface area contributed by atoms with Crippen LogP contribution in [0.4, 0.5) is 5.69 Å². The summed E-state index contributed by atoms with van der Waals surface area (Å²) in [7, 11) is 0.